The second kappa shape index (κ2) is 11.9. The summed E-state index contributed by atoms with van der Waals surface area (Å²) in [6, 6.07) is 21.5. The number of anilines is 1. The van der Waals surface area contributed by atoms with Crippen molar-refractivity contribution in [2.45, 2.75) is 13.0 Å². The molecule has 0 saturated heterocycles. The average molecular weight is 617 g/mol. The van der Waals surface area contributed by atoms with Crippen LogP contribution in [0.2, 0.25) is 0 Å². The Bertz CT molecular complexity index is 1790. The first-order valence-corrected chi connectivity index (χ1v) is 14.1. The van der Waals surface area contributed by atoms with Gasteiger partial charge in [0, 0.05) is 15.7 Å². The molecular weight excluding hydrogens is 590 g/mol. The summed E-state index contributed by atoms with van der Waals surface area (Å²) >= 11 is 4.78. The largest absolute Gasteiger partial charge is 0.497 e. The summed E-state index contributed by atoms with van der Waals surface area (Å²) in [5.41, 5.74) is 2.83. The summed E-state index contributed by atoms with van der Waals surface area (Å²) in [5, 5.41) is 2.96. The molecule has 1 amide bonds. The first-order valence-electron chi connectivity index (χ1n) is 12.5. The van der Waals surface area contributed by atoms with E-state index in [4.69, 9.17) is 14.5 Å². The number of amides is 1. The molecule has 0 fully saturated rings. The van der Waals surface area contributed by atoms with Crippen LogP contribution < -0.4 is 29.7 Å². The molecule has 202 valence electrons. The van der Waals surface area contributed by atoms with E-state index in [1.165, 1.54) is 11.3 Å². The summed E-state index contributed by atoms with van der Waals surface area (Å²) in [6.45, 7) is 5.84. The van der Waals surface area contributed by atoms with Crippen LogP contribution in [-0.4, -0.2) is 24.2 Å². The van der Waals surface area contributed by atoms with Gasteiger partial charge in [0.1, 0.15) is 18.1 Å². The van der Waals surface area contributed by atoms with Crippen molar-refractivity contribution < 1.29 is 14.3 Å². The monoisotopic (exact) mass is 615 g/mol. The number of methoxy groups -OCH3 is 1. The topological polar surface area (TPSA) is 81.9 Å². The van der Waals surface area contributed by atoms with Crippen LogP contribution in [0.15, 0.2) is 111 Å². The van der Waals surface area contributed by atoms with Gasteiger partial charge in [0.25, 0.3) is 11.5 Å². The number of hydrogen-bond donors (Lipinski definition) is 1. The minimum Gasteiger partial charge on any atom is -0.497 e. The first-order chi connectivity index (χ1) is 19.4. The van der Waals surface area contributed by atoms with Crippen LogP contribution in [0.4, 0.5) is 5.69 Å². The summed E-state index contributed by atoms with van der Waals surface area (Å²) in [7, 11) is 1.59. The van der Waals surface area contributed by atoms with E-state index < -0.39 is 6.04 Å². The average Bonchev–Trinajstić information content (AvgIpc) is 3.26. The van der Waals surface area contributed by atoms with Gasteiger partial charge in [-0.1, -0.05) is 70.3 Å². The van der Waals surface area contributed by atoms with Crippen molar-refractivity contribution in [3.05, 3.63) is 132 Å². The maximum atomic E-state index is 14.0. The van der Waals surface area contributed by atoms with Crippen LogP contribution in [0.3, 0.4) is 0 Å². The summed E-state index contributed by atoms with van der Waals surface area (Å²) in [5.74, 6) is 0.975. The Balaban J connectivity index is 1.67. The van der Waals surface area contributed by atoms with E-state index >= 15 is 0 Å². The fourth-order valence-electron chi connectivity index (χ4n) is 4.49. The minimum atomic E-state index is -0.688. The molecule has 1 atom stereocenters. The van der Waals surface area contributed by atoms with E-state index in [2.05, 4.69) is 27.8 Å². The van der Waals surface area contributed by atoms with E-state index in [9.17, 15) is 9.59 Å². The molecule has 0 unspecified atom stereocenters. The lowest BCUT2D eigenvalue weighted by atomic mass is 9.95. The highest BCUT2D eigenvalue weighted by molar-refractivity contribution is 9.10. The molecule has 1 aromatic heterocycles. The molecule has 4 aromatic rings. The Morgan fingerprint density at radius 3 is 2.60 bits per heavy atom. The van der Waals surface area contributed by atoms with Gasteiger partial charge in [-0.3, -0.25) is 14.2 Å². The molecule has 9 heteroatoms. The highest BCUT2D eigenvalue weighted by Crippen LogP contribution is 2.32. The molecule has 0 spiro atoms. The number of carbonyl (C=O) groups excluding carboxylic acids is 1. The number of allylic oxidation sites excluding steroid dienone is 1. The van der Waals surface area contributed by atoms with Crippen molar-refractivity contribution in [3.63, 3.8) is 0 Å². The molecule has 0 aliphatic carbocycles. The van der Waals surface area contributed by atoms with E-state index in [1.54, 1.807) is 30.8 Å². The van der Waals surface area contributed by atoms with Crippen molar-refractivity contribution in [3.8, 4) is 11.5 Å². The summed E-state index contributed by atoms with van der Waals surface area (Å²) < 4.78 is 14.1. The van der Waals surface area contributed by atoms with Crippen LogP contribution in [-0.2, 0) is 4.79 Å². The number of benzene rings is 3. The van der Waals surface area contributed by atoms with Gasteiger partial charge in [0.2, 0.25) is 0 Å². The van der Waals surface area contributed by atoms with Crippen LogP contribution in [0.1, 0.15) is 24.1 Å². The normalized spacial score (nSPS) is 14.8. The quantitative estimate of drug-likeness (QED) is 0.276. The van der Waals surface area contributed by atoms with Crippen molar-refractivity contribution in [1.82, 2.24) is 4.57 Å². The van der Waals surface area contributed by atoms with Crippen LogP contribution in [0, 0.1) is 0 Å². The lowest BCUT2D eigenvalue weighted by Crippen LogP contribution is -2.40. The Kier molecular flexibility index (Phi) is 8.14. The van der Waals surface area contributed by atoms with Gasteiger partial charge in [0.05, 0.1) is 29.0 Å². The molecule has 40 heavy (non-hydrogen) atoms. The number of hydrogen-bond acceptors (Lipinski definition) is 6. The van der Waals surface area contributed by atoms with Gasteiger partial charge in [-0.2, -0.15) is 0 Å². The van der Waals surface area contributed by atoms with E-state index in [1.807, 2.05) is 72.8 Å². The van der Waals surface area contributed by atoms with Crippen LogP contribution in [0.5, 0.6) is 11.5 Å². The number of aromatic nitrogens is 1. The van der Waals surface area contributed by atoms with Gasteiger partial charge in [-0.15, -0.1) is 0 Å². The van der Waals surface area contributed by atoms with Gasteiger partial charge >= 0.3 is 0 Å². The van der Waals surface area contributed by atoms with Gasteiger partial charge < -0.3 is 14.8 Å². The number of nitrogens with zero attached hydrogens (tertiary/aromatic N) is 2. The predicted octanol–water partition coefficient (Wildman–Crippen LogP) is 5.21. The number of ether oxygens (including phenoxy) is 2. The maximum Gasteiger partial charge on any atom is 0.271 e. The second-order valence-electron chi connectivity index (χ2n) is 8.96. The fourth-order valence-corrected chi connectivity index (χ4v) is 5.90. The standard InChI is InChI=1S/C31H26BrN3O4S/c1-4-16-39-25-15-12-22(32)17-21(25)18-26-30(37)35-28(20-10-13-24(38-3)14-11-20)27(19(2)33-31(35)40-26)29(36)34-23-8-6-5-7-9-23/h4-15,17-18,28H,1,16H2,2-3H3,(H,34,36)/b26-18+/t28-/m0/s1. The zero-order chi connectivity index (χ0) is 28.2. The molecule has 7 nitrogen and oxygen atoms in total. The highest BCUT2D eigenvalue weighted by Gasteiger charge is 2.32. The number of nitrogens with one attached hydrogen (secondary N) is 1. The number of fused-ring (bicyclic) bond motifs is 1. The number of thiazole rings is 1. The molecule has 1 aliphatic heterocycles. The van der Waals surface area contributed by atoms with E-state index in [0.717, 1.165) is 15.6 Å². The third kappa shape index (κ3) is 5.57. The van der Waals surface area contributed by atoms with Crippen molar-refractivity contribution in [1.29, 1.82) is 0 Å². The van der Waals surface area contributed by atoms with Gasteiger partial charge in [-0.05, 0) is 61.0 Å². The second-order valence-corrected chi connectivity index (χ2v) is 10.9. The Morgan fingerprint density at radius 2 is 1.90 bits per heavy atom. The molecule has 0 radical (unpaired) electrons. The van der Waals surface area contributed by atoms with Crippen molar-refractivity contribution in [2.75, 3.05) is 19.0 Å². The van der Waals surface area contributed by atoms with Gasteiger partial charge in [-0.25, -0.2) is 4.99 Å². The lowest BCUT2D eigenvalue weighted by molar-refractivity contribution is -0.113. The summed E-state index contributed by atoms with van der Waals surface area (Å²) in [6.07, 6.45) is 3.46. The third-order valence-corrected chi connectivity index (χ3v) is 7.82. The predicted molar refractivity (Wildman–Crippen MR) is 162 cm³/mol. The molecule has 0 saturated carbocycles. The zero-order valence-corrected chi connectivity index (χ0v) is 24.3. The molecule has 3 aromatic carbocycles. The number of carbonyl (C=O) groups is 1. The van der Waals surface area contributed by atoms with Crippen LogP contribution >= 0.6 is 27.3 Å². The Labute approximate surface area is 243 Å². The molecule has 5 rings (SSSR count). The molecule has 1 aliphatic rings. The zero-order valence-electron chi connectivity index (χ0n) is 21.9. The van der Waals surface area contributed by atoms with Crippen molar-refractivity contribution in [2.24, 2.45) is 4.99 Å². The molecular formula is C31H26BrN3O4S. The van der Waals surface area contributed by atoms with Crippen LogP contribution in [0.25, 0.3) is 6.08 Å². The first kappa shape index (κ1) is 27.4. The number of rotatable bonds is 8. The molecule has 2 heterocycles. The summed E-state index contributed by atoms with van der Waals surface area (Å²) in [4.78, 5) is 32.9. The molecule has 0 bridgehead atoms. The third-order valence-electron chi connectivity index (χ3n) is 6.34. The molecule has 1 N–H and O–H groups in total. The van der Waals surface area contributed by atoms with E-state index in [-0.39, 0.29) is 11.5 Å². The SMILES string of the molecule is C=CCOc1ccc(Br)cc1/C=c1/sc2n(c1=O)[C@@H](c1ccc(OC)cc1)C(C(=O)Nc1ccccc1)=C(C)N=2. The maximum absolute atomic E-state index is 14.0. The number of halogens is 1. The Morgan fingerprint density at radius 1 is 1.15 bits per heavy atom. The van der Waals surface area contributed by atoms with Gasteiger partial charge in [0.15, 0.2) is 4.80 Å². The van der Waals surface area contributed by atoms with Crippen molar-refractivity contribution >= 4 is 44.9 Å². The number of para-hydroxylation sites is 1. The lowest BCUT2D eigenvalue weighted by Gasteiger charge is -2.25. The van der Waals surface area contributed by atoms with E-state index in [0.29, 0.717) is 44.4 Å². The smallest absolute Gasteiger partial charge is 0.271 e. The minimum absolute atomic E-state index is 0.253. The Hall–Kier alpha value is -4.21. The highest BCUT2D eigenvalue weighted by atomic mass is 79.9. The fraction of sp³-hybridized carbons (Fsp3) is 0.129.